The van der Waals surface area contributed by atoms with Gasteiger partial charge in [0.1, 0.15) is 11.6 Å². The van der Waals surface area contributed by atoms with Gasteiger partial charge in [0.2, 0.25) is 0 Å². The second-order valence-corrected chi connectivity index (χ2v) is 7.35. The Kier molecular flexibility index (Phi) is 6.85. The first kappa shape index (κ1) is 21.5. The number of benzene rings is 4. The summed E-state index contributed by atoms with van der Waals surface area (Å²) >= 11 is 0. The van der Waals surface area contributed by atoms with Gasteiger partial charge < -0.3 is 0 Å². The van der Waals surface area contributed by atoms with Gasteiger partial charge in [-0.15, -0.1) is 0 Å². The Morgan fingerprint density at radius 3 is 1.61 bits per heavy atom. The molecule has 0 saturated carbocycles. The van der Waals surface area contributed by atoms with Crippen LogP contribution in [0.25, 0.3) is 28.3 Å². The minimum absolute atomic E-state index is 0.0148. The minimum Gasteiger partial charge on any atom is -0.267 e. The fraction of sp³-hybridized carbons (Fsp3) is 0. The van der Waals surface area contributed by atoms with E-state index in [0.717, 1.165) is 33.4 Å². The van der Waals surface area contributed by atoms with Gasteiger partial charge in [0.15, 0.2) is 0 Å². The van der Waals surface area contributed by atoms with Crippen LogP contribution < -0.4 is 5.43 Å². The average Bonchev–Trinajstić information content (AvgIpc) is 2.89. The van der Waals surface area contributed by atoms with Gasteiger partial charge in [-0.1, -0.05) is 109 Å². The Hall–Kier alpha value is -4.75. The fourth-order valence-corrected chi connectivity index (χ4v) is 3.34. The summed E-state index contributed by atoms with van der Waals surface area (Å²) in [6.45, 7) is 0. The first-order chi connectivity index (χ1) is 16.2. The minimum atomic E-state index is -0.554. The molecule has 4 aromatic carbocycles. The molecule has 0 unspecified atom stereocenters. The molecule has 0 bridgehead atoms. The van der Waals surface area contributed by atoms with E-state index in [0.29, 0.717) is 0 Å². The maximum absolute atomic E-state index is 12.4. The molecule has 4 nitrogen and oxygen atoms in total. The Bertz CT molecular complexity index is 1320. The highest BCUT2D eigenvalue weighted by Crippen LogP contribution is 2.20. The maximum atomic E-state index is 12.4. The number of hydrogen-bond donors (Lipinski definition) is 1. The van der Waals surface area contributed by atoms with Crippen molar-refractivity contribution in [2.75, 3.05) is 0 Å². The molecule has 0 aliphatic rings. The summed E-state index contributed by atoms with van der Waals surface area (Å²) in [7, 11) is 0. The Morgan fingerprint density at radius 2 is 1.12 bits per heavy atom. The van der Waals surface area contributed by atoms with Gasteiger partial charge in [0, 0.05) is 0 Å². The van der Waals surface area contributed by atoms with Crippen molar-refractivity contribution in [1.29, 1.82) is 5.26 Å². The Labute approximate surface area is 193 Å². The summed E-state index contributed by atoms with van der Waals surface area (Å²) in [6.07, 6.45) is 3.10. The SMILES string of the molecule is N#C/C(=C\c1ccc(-c2ccccc2)cc1)C(=O)N/N=C/c1ccc(-c2ccccc2)cc1. The number of carbonyl (C=O) groups is 1. The number of carbonyl (C=O) groups excluding carboxylic acids is 1. The topological polar surface area (TPSA) is 65.2 Å². The van der Waals surface area contributed by atoms with Crippen LogP contribution in [0, 0.1) is 11.3 Å². The monoisotopic (exact) mass is 427 g/mol. The van der Waals surface area contributed by atoms with Crippen molar-refractivity contribution < 1.29 is 4.79 Å². The average molecular weight is 428 g/mol. The molecule has 0 heterocycles. The lowest BCUT2D eigenvalue weighted by molar-refractivity contribution is -0.117. The predicted molar refractivity (Wildman–Crippen MR) is 133 cm³/mol. The first-order valence-corrected chi connectivity index (χ1v) is 10.5. The van der Waals surface area contributed by atoms with E-state index in [-0.39, 0.29) is 5.57 Å². The van der Waals surface area contributed by atoms with E-state index >= 15 is 0 Å². The number of amides is 1. The fourth-order valence-electron chi connectivity index (χ4n) is 3.34. The highest BCUT2D eigenvalue weighted by molar-refractivity contribution is 6.02. The van der Waals surface area contributed by atoms with E-state index in [9.17, 15) is 10.1 Å². The Morgan fingerprint density at radius 1 is 0.667 bits per heavy atom. The van der Waals surface area contributed by atoms with Crippen molar-refractivity contribution in [3.8, 4) is 28.3 Å². The summed E-state index contributed by atoms with van der Waals surface area (Å²) < 4.78 is 0. The second-order valence-electron chi connectivity index (χ2n) is 7.35. The van der Waals surface area contributed by atoms with Crippen LogP contribution in [-0.2, 0) is 4.79 Å². The number of nitrogens with zero attached hydrogens (tertiary/aromatic N) is 2. The van der Waals surface area contributed by atoms with E-state index in [1.54, 1.807) is 12.3 Å². The number of rotatable bonds is 6. The molecule has 1 N–H and O–H groups in total. The van der Waals surface area contributed by atoms with Crippen LogP contribution in [-0.4, -0.2) is 12.1 Å². The molecule has 1 amide bonds. The van der Waals surface area contributed by atoms with Crippen molar-refractivity contribution in [2.45, 2.75) is 0 Å². The smallest absolute Gasteiger partial charge is 0.267 e. The molecule has 0 atom stereocenters. The summed E-state index contributed by atoms with van der Waals surface area (Å²) in [5.74, 6) is -0.554. The second kappa shape index (κ2) is 10.5. The third-order valence-corrected chi connectivity index (χ3v) is 5.09. The number of hydrogen-bond acceptors (Lipinski definition) is 3. The van der Waals surface area contributed by atoms with Crippen LogP contribution in [0.3, 0.4) is 0 Å². The van der Waals surface area contributed by atoms with E-state index in [4.69, 9.17) is 0 Å². The summed E-state index contributed by atoms with van der Waals surface area (Å²) in [5.41, 5.74) is 8.43. The molecule has 0 saturated heterocycles. The van der Waals surface area contributed by atoms with E-state index in [2.05, 4.69) is 10.5 Å². The standard InChI is InChI=1S/C29H21N3O/c30-20-28(19-22-11-15-26(16-12-22)24-7-3-1-4-8-24)29(33)32-31-21-23-13-17-27(18-14-23)25-9-5-2-6-10-25/h1-19,21H,(H,32,33)/b28-19+,31-21+. The number of hydrazone groups is 1. The van der Waals surface area contributed by atoms with Crippen LogP contribution in [0.2, 0.25) is 0 Å². The summed E-state index contributed by atoms with van der Waals surface area (Å²) in [4.78, 5) is 12.4. The third kappa shape index (κ3) is 5.69. The van der Waals surface area contributed by atoms with Crippen LogP contribution >= 0.6 is 0 Å². The van der Waals surface area contributed by atoms with E-state index in [1.165, 1.54) is 0 Å². The van der Waals surface area contributed by atoms with Crippen molar-refractivity contribution in [1.82, 2.24) is 5.43 Å². The first-order valence-electron chi connectivity index (χ1n) is 10.5. The normalized spacial score (nSPS) is 11.2. The van der Waals surface area contributed by atoms with Crippen molar-refractivity contribution >= 4 is 18.2 Å². The predicted octanol–water partition coefficient (Wildman–Crippen LogP) is 6.08. The lowest BCUT2D eigenvalue weighted by Gasteiger charge is -2.03. The quantitative estimate of drug-likeness (QED) is 0.175. The zero-order valence-electron chi connectivity index (χ0n) is 17.8. The van der Waals surface area contributed by atoms with Crippen LogP contribution in [0.15, 0.2) is 120 Å². The van der Waals surface area contributed by atoms with Gasteiger partial charge in [-0.05, 0) is 39.5 Å². The molecule has 4 aromatic rings. The van der Waals surface area contributed by atoms with Gasteiger partial charge in [0.25, 0.3) is 5.91 Å². The zero-order valence-corrected chi connectivity index (χ0v) is 17.8. The third-order valence-electron chi connectivity index (χ3n) is 5.09. The Balaban J connectivity index is 1.39. The van der Waals surface area contributed by atoms with Crippen molar-refractivity contribution in [3.63, 3.8) is 0 Å². The van der Waals surface area contributed by atoms with Crippen molar-refractivity contribution in [3.05, 3.63) is 126 Å². The molecule has 0 aliphatic heterocycles. The highest BCUT2D eigenvalue weighted by atomic mass is 16.2. The summed E-state index contributed by atoms with van der Waals surface area (Å²) in [5, 5.41) is 13.4. The maximum Gasteiger partial charge on any atom is 0.282 e. The highest BCUT2D eigenvalue weighted by Gasteiger charge is 2.08. The molecular formula is C29H21N3O. The molecule has 4 rings (SSSR count). The van der Waals surface area contributed by atoms with Gasteiger partial charge in [-0.3, -0.25) is 4.79 Å². The molecular weight excluding hydrogens is 406 g/mol. The lowest BCUT2D eigenvalue weighted by Crippen LogP contribution is -2.19. The van der Waals surface area contributed by atoms with Crippen LogP contribution in [0.1, 0.15) is 11.1 Å². The van der Waals surface area contributed by atoms with Gasteiger partial charge >= 0.3 is 0 Å². The number of nitrogens with one attached hydrogen (secondary N) is 1. The molecule has 0 fully saturated rings. The number of nitriles is 1. The van der Waals surface area contributed by atoms with Crippen LogP contribution in [0.4, 0.5) is 0 Å². The van der Waals surface area contributed by atoms with E-state index in [1.807, 2.05) is 115 Å². The van der Waals surface area contributed by atoms with Gasteiger partial charge in [-0.25, -0.2) is 5.43 Å². The molecule has 0 spiro atoms. The molecule has 33 heavy (non-hydrogen) atoms. The molecule has 0 aliphatic carbocycles. The van der Waals surface area contributed by atoms with Crippen molar-refractivity contribution in [2.24, 2.45) is 5.10 Å². The largest absolute Gasteiger partial charge is 0.282 e. The van der Waals surface area contributed by atoms with Gasteiger partial charge in [-0.2, -0.15) is 10.4 Å². The lowest BCUT2D eigenvalue weighted by atomic mass is 10.0. The molecule has 4 heteroatoms. The van der Waals surface area contributed by atoms with E-state index < -0.39 is 5.91 Å². The zero-order chi connectivity index (χ0) is 22.9. The summed E-state index contributed by atoms with van der Waals surface area (Å²) in [6, 6.07) is 37.6. The van der Waals surface area contributed by atoms with Gasteiger partial charge in [0.05, 0.1) is 6.21 Å². The van der Waals surface area contributed by atoms with Crippen LogP contribution in [0.5, 0.6) is 0 Å². The molecule has 158 valence electrons. The molecule has 0 aromatic heterocycles. The molecule has 0 radical (unpaired) electrons.